The Bertz CT molecular complexity index is 1400. The van der Waals surface area contributed by atoms with Crippen molar-refractivity contribution in [1.29, 1.82) is 0 Å². The number of quaternary nitrogens is 1. The summed E-state index contributed by atoms with van der Waals surface area (Å²) in [4.78, 5) is 25.2. The summed E-state index contributed by atoms with van der Waals surface area (Å²) in [6.07, 6.45) is 66.8. The van der Waals surface area contributed by atoms with Crippen LogP contribution in [0.2, 0.25) is 0 Å². The maximum Gasteiger partial charge on any atom is 0.306 e. The molecule has 0 saturated heterocycles. The van der Waals surface area contributed by atoms with Crippen molar-refractivity contribution >= 4 is 13.8 Å². The lowest BCUT2D eigenvalue weighted by atomic mass is 10.1. The molecule has 0 bridgehead atoms. The van der Waals surface area contributed by atoms with E-state index in [0.717, 1.165) is 109 Å². The van der Waals surface area contributed by atoms with Crippen LogP contribution in [0.15, 0.2) is 109 Å². The molecular weight excluding hydrogens is 830 g/mol. The van der Waals surface area contributed by atoms with Crippen molar-refractivity contribution in [3.8, 4) is 0 Å². The van der Waals surface area contributed by atoms with Crippen LogP contribution in [0.1, 0.15) is 181 Å². The summed E-state index contributed by atoms with van der Waals surface area (Å²) >= 11 is 0. The molecule has 0 spiro atoms. The average molecular weight is 926 g/mol. The van der Waals surface area contributed by atoms with Crippen molar-refractivity contribution in [1.82, 2.24) is 0 Å². The first-order valence-corrected chi connectivity index (χ1v) is 27.1. The number of nitrogens with zero attached hydrogens (tertiary/aromatic N) is 1. The van der Waals surface area contributed by atoms with Crippen molar-refractivity contribution in [2.75, 3.05) is 54.1 Å². The molecule has 0 heterocycles. The first kappa shape index (κ1) is 62.2. The number of unbranched alkanes of at least 4 members (excludes halogenated alkanes) is 14. The smallest absolute Gasteiger partial charge is 0.306 e. The van der Waals surface area contributed by atoms with Crippen LogP contribution < -0.4 is 4.89 Å². The summed E-state index contributed by atoms with van der Waals surface area (Å²) in [5.41, 5.74) is 0. The Morgan fingerprint density at radius 3 is 1.26 bits per heavy atom. The molecule has 0 saturated carbocycles. The van der Waals surface area contributed by atoms with Crippen LogP contribution in [-0.2, 0) is 27.9 Å². The Morgan fingerprint density at radius 1 is 0.477 bits per heavy atom. The highest BCUT2D eigenvalue weighted by molar-refractivity contribution is 7.45. The van der Waals surface area contributed by atoms with Gasteiger partial charge >= 0.3 is 5.97 Å². The minimum atomic E-state index is -4.55. The van der Waals surface area contributed by atoms with Crippen molar-refractivity contribution in [2.24, 2.45) is 0 Å². The lowest BCUT2D eigenvalue weighted by Crippen LogP contribution is -2.37. The maximum atomic E-state index is 12.8. The van der Waals surface area contributed by atoms with Gasteiger partial charge in [0, 0.05) is 13.0 Å². The summed E-state index contributed by atoms with van der Waals surface area (Å²) in [7, 11) is 1.32. The van der Waals surface area contributed by atoms with Crippen LogP contribution in [0, 0.1) is 0 Å². The fourth-order valence-electron chi connectivity index (χ4n) is 6.45. The van der Waals surface area contributed by atoms with E-state index in [1.807, 2.05) is 21.1 Å². The van der Waals surface area contributed by atoms with Crippen LogP contribution >= 0.6 is 7.82 Å². The average Bonchev–Trinajstić information content (AvgIpc) is 3.27. The number of allylic oxidation sites excluding steroid dienone is 18. The molecule has 0 N–H and O–H groups in total. The number of esters is 1. The SMILES string of the molecule is CC/C=C\C/C=C\C/C=C\C/C=C\C/C=C\CCCCCCCCCCCC(=O)OC(COCCCCCCC/C=C\C/C=C\C/C=C\C/C=C\CC)COP(=O)([O-])OCC[N+](C)(C)C. The van der Waals surface area contributed by atoms with Gasteiger partial charge in [0.2, 0.25) is 0 Å². The first-order chi connectivity index (χ1) is 31.6. The molecule has 2 atom stereocenters. The van der Waals surface area contributed by atoms with E-state index < -0.39 is 13.9 Å². The fraction of sp³-hybridized carbons (Fsp3) is 0.661. The zero-order valence-electron chi connectivity index (χ0n) is 42.1. The molecule has 9 heteroatoms. The number of phosphoric acid groups is 1. The van der Waals surface area contributed by atoms with Gasteiger partial charge in [-0.05, 0) is 96.3 Å². The van der Waals surface area contributed by atoms with E-state index in [1.165, 1.54) is 51.4 Å². The standard InChI is InChI=1S/C56H96NO7P/c1-6-8-10-12-14-16-18-20-22-24-26-27-28-29-30-31-32-33-35-37-39-41-43-45-47-49-56(58)64-55(54-63-65(59,60)62-52-50-57(3,4)5)53-61-51-48-46-44-42-40-38-36-34-25-23-21-19-17-15-13-11-9-7-2/h8-11,14-17,20-23,26-27,29-30,34,36,55H,6-7,12-13,18-19,24-25,28,31-33,35,37-54H2,1-5H3/b10-8-,11-9-,16-14-,17-15-,22-20-,23-21-,27-26-,30-29-,36-34-. The predicted molar refractivity (Wildman–Crippen MR) is 277 cm³/mol. The number of carbonyl (C=O) groups is 1. The summed E-state index contributed by atoms with van der Waals surface area (Å²) < 4.78 is 34.7. The van der Waals surface area contributed by atoms with Crippen LogP contribution in [0.5, 0.6) is 0 Å². The molecule has 0 aromatic carbocycles. The van der Waals surface area contributed by atoms with E-state index in [9.17, 15) is 14.3 Å². The van der Waals surface area contributed by atoms with Gasteiger partial charge in [-0.15, -0.1) is 0 Å². The Balaban J connectivity index is 4.21. The van der Waals surface area contributed by atoms with Gasteiger partial charge in [0.15, 0.2) is 0 Å². The van der Waals surface area contributed by atoms with E-state index in [4.69, 9.17) is 18.5 Å². The van der Waals surface area contributed by atoms with Gasteiger partial charge in [0.25, 0.3) is 7.82 Å². The summed E-state index contributed by atoms with van der Waals surface area (Å²) in [5.74, 6) is -0.352. The third-order valence-electron chi connectivity index (χ3n) is 10.3. The largest absolute Gasteiger partial charge is 0.756 e. The number of likely N-dealkylation sites (N-methyl/N-ethyl adjacent to an activating group) is 1. The third kappa shape index (κ3) is 52.0. The van der Waals surface area contributed by atoms with Gasteiger partial charge in [-0.25, -0.2) is 0 Å². The number of hydrogen-bond donors (Lipinski definition) is 0. The van der Waals surface area contributed by atoms with E-state index in [2.05, 4.69) is 123 Å². The van der Waals surface area contributed by atoms with Crippen LogP contribution in [0.3, 0.4) is 0 Å². The Kier molecular flexibility index (Phi) is 45.6. The van der Waals surface area contributed by atoms with Crippen molar-refractivity contribution in [3.63, 3.8) is 0 Å². The lowest BCUT2D eigenvalue weighted by Gasteiger charge is -2.28. The molecule has 0 aliphatic rings. The number of phosphoric ester groups is 1. The molecule has 2 unspecified atom stereocenters. The molecule has 0 amide bonds. The van der Waals surface area contributed by atoms with Crippen molar-refractivity contribution in [2.45, 2.75) is 187 Å². The number of ether oxygens (including phenoxy) is 2. The normalized spacial score (nSPS) is 14.5. The van der Waals surface area contributed by atoms with Gasteiger partial charge < -0.3 is 27.9 Å². The van der Waals surface area contributed by atoms with Gasteiger partial charge in [-0.1, -0.05) is 187 Å². The molecule has 65 heavy (non-hydrogen) atoms. The third-order valence-corrected chi connectivity index (χ3v) is 11.3. The minimum Gasteiger partial charge on any atom is -0.756 e. The molecule has 0 aliphatic carbocycles. The molecule has 0 fully saturated rings. The topological polar surface area (TPSA) is 94.1 Å². The molecule has 0 aromatic rings. The maximum absolute atomic E-state index is 12.8. The van der Waals surface area contributed by atoms with Crippen molar-refractivity contribution < 1.29 is 37.3 Å². The summed E-state index contributed by atoms with van der Waals surface area (Å²) in [6, 6.07) is 0. The van der Waals surface area contributed by atoms with E-state index in [1.54, 1.807) is 0 Å². The second-order valence-corrected chi connectivity index (χ2v) is 19.2. The molecule has 8 nitrogen and oxygen atoms in total. The Hall–Kier alpha value is -2.84. The van der Waals surface area contributed by atoms with Gasteiger partial charge in [-0.3, -0.25) is 9.36 Å². The molecule has 0 radical (unpaired) electrons. The van der Waals surface area contributed by atoms with Gasteiger partial charge in [0.05, 0.1) is 34.4 Å². The molecule has 0 aromatic heterocycles. The predicted octanol–water partition coefficient (Wildman–Crippen LogP) is 15.3. The zero-order chi connectivity index (χ0) is 47.6. The van der Waals surface area contributed by atoms with E-state index in [-0.39, 0.29) is 25.8 Å². The van der Waals surface area contributed by atoms with E-state index in [0.29, 0.717) is 24.1 Å². The minimum absolute atomic E-state index is 0.0144. The van der Waals surface area contributed by atoms with Crippen molar-refractivity contribution in [3.05, 3.63) is 109 Å². The summed E-state index contributed by atoms with van der Waals surface area (Å²) in [6.45, 7) is 5.11. The fourth-order valence-corrected chi connectivity index (χ4v) is 7.17. The van der Waals surface area contributed by atoms with Gasteiger partial charge in [-0.2, -0.15) is 0 Å². The second kappa shape index (κ2) is 47.6. The second-order valence-electron chi connectivity index (χ2n) is 17.8. The molecular formula is C56H96NO7P. The molecule has 0 rings (SSSR count). The lowest BCUT2D eigenvalue weighted by molar-refractivity contribution is -0.870. The monoisotopic (exact) mass is 926 g/mol. The van der Waals surface area contributed by atoms with Crippen LogP contribution in [0.4, 0.5) is 0 Å². The van der Waals surface area contributed by atoms with E-state index >= 15 is 0 Å². The molecule has 0 aliphatic heterocycles. The number of rotatable bonds is 46. The highest BCUT2D eigenvalue weighted by Crippen LogP contribution is 2.38. The first-order valence-electron chi connectivity index (χ1n) is 25.6. The Labute approximate surface area is 400 Å². The van der Waals surface area contributed by atoms with Crippen LogP contribution in [0.25, 0.3) is 0 Å². The highest BCUT2D eigenvalue weighted by Gasteiger charge is 2.20. The zero-order valence-corrected chi connectivity index (χ0v) is 43.0. The number of hydrogen-bond acceptors (Lipinski definition) is 7. The highest BCUT2D eigenvalue weighted by atomic mass is 31.2. The Morgan fingerprint density at radius 2 is 0.846 bits per heavy atom. The molecule has 372 valence electrons. The van der Waals surface area contributed by atoms with Crippen LogP contribution in [-0.4, -0.2) is 70.7 Å². The number of carbonyl (C=O) groups excluding carboxylic acids is 1. The summed E-state index contributed by atoms with van der Waals surface area (Å²) in [5, 5.41) is 0. The quantitative estimate of drug-likeness (QED) is 0.0197. The van der Waals surface area contributed by atoms with Gasteiger partial charge in [0.1, 0.15) is 19.3 Å².